The van der Waals surface area contributed by atoms with Crippen LogP contribution in [0.25, 0.3) is 0 Å². The molecule has 1 aliphatic heterocycles. The molecule has 2 atom stereocenters. The van der Waals surface area contributed by atoms with Crippen LogP contribution in [-0.2, 0) is 6.42 Å². The number of aliphatic hydroxyl groups is 1. The highest BCUT2D eigenvalue weighted by molar-refractivity contribution is 5.31. The summed E-state index contributed by atoms with van der Waals surface area (Å²) in [5.74, 6) is 0.244. The molecule has 1 saturated heterocycles. The third kappa shape index (κ3) is 1.46. The van der Waals surface area contributed by atoms with Crippen molar-refractivity contribution in [1.82, 2.24) is 9.88 Å². The Kier molecular flexibility index (Phi) is 2.26. The molecule has 0 saturated carbocycles. The molecular weight excluding hydrogens is 200 g/mol. The van der Waals surface area contributed by atoms with E-state index in [9.17, 15) is 5.11 Å². The van der Waals surface area contributed by atoms with Crippen molar-refractivity contribution < 1.29 is 5.11 Å². The van der Waals surface area contributed by atoms with E-state index in [0.29, 0.717) is 0 Å². The van der Waals surface area contributed by atoms with Crippen LogP contribution in [0.5, 0.6) is 0 Å². The van der Waals surface area contributed by atoms with E-state index in [2.05, 4.69) is 23.0 Å². The molecule has 2 unspecified atom stereocenters. The molecule has 3 rings (SSSR count). The predicted molar refractivity (Wildman–Crippen MR) is 62.4 cm³/mol. The number of likely N-dealkylation sites (tertiary alicyclic amines) is 1. The number of β-amino-alcohol motifs (C(OH)–C–C–N with tert-alkyl or cyclic N) is 1. The molecule has 0 spiro atoms. The van der Waals surface area contributed by atoms with E-state index in [0.717, 1.165) is 38.0 Å². The molecule has 0 amide bonds. The van der Waals surface area contributed by atoms with Crippen molar-refractivity contribution in [2.45, 2.75) is 30.8 Å². The zero-order valence-electron chi connectivity index (χ0n) is 9.69. The predicted octanol–water partition coefficient (Wildman–Crippen LogP) is 1.18. The molecule has 1 aromatic heterocycles. The minimum absolute atomic E-state index is 0.244. The second-order valence-electron chi connectivity index (χ2n) is 5.23. The van der Waals surface area contributed by atoms with Crippen LogP contribution in [0, 0.1) is 0 Å². The average molecular weight is 218 g/mol. The lowest BCUT2D eigenvalue weighted by Crippen LogP contribution is -2.38. The second kappa shape index (κ2) is 3.54. The van der Waals surface area contributed by atoms with Gasteiger partial charge in [0.1, 0.15) is 0 Å². The van der Waals surface area contributed by atoms with Gasteiger partial charge in [0.05, 0.1) is 5.60 Å². The molecule has 86 valence electrons. The van der Waals surface area contributed by atoms with E-state index in [4.69, 9.17) is 0 Å². The highest BCUT2D eigenvalue weighted by Crippen LogP contribution is 2.43. The first-order valence-electron chi connectivity index (χ1n) is 6.04. The number of pyridine rings is 1. The van der Waals surface area contributed by atoms with Crippen LogP contribution in [0.2, 0.25) is 0 Å². The van der Waals surface area contributed by atoms with Gasteiger partial charge in [-0.3, -0.25) is 4.98 Å². The minimum Gasteiger partial charge on any atom is -0.388 e. The van der Waals surface area contributed by atoms with E-state index in [1.807, 2.05) is 12.3 Å². The smallest absolute Gasteiger partial charge is 0.0869 e. The summed E-state index contributed by atoms with van der Waals surface area (Å²) in [6.07, 6.45) is 4.85. The van der Waals surface area contributed by atoms with Crippen molar-refractivity contribution in [3.8, 4) is 0 Å². The zero-order chi connectivity index (χ0) is 11.2. The van der Waals surface area contributed by atoms with Crippen molar-refractivity contribution in [3.05, 3.63) is 29.6 Å². The van der Waals surface area contributed by atoms with Crippen LogP contribution in [-0.4, -0.2) is 40.7 Å². The first-order valence-corrected chi connectivity index (χ1v) is 6.04. The average Bonchev–Trinajstić information content (AvgIpc) is 2.83. The topological polar surface area (TPSA) is 36.4 Å². The monoisotopic (exact) mass is 218 g/mol. The Hall–Kier alpha value is -0.930. The van der Waals surface area contributed by atoms with E-state index in [-0.39, 0.29) is 5.92 Å². The summed E-state index contributed by atoms with van der Waals surface area (Å²) in [6.45, 7) is 1.78. The molecule has 2 aliphatic rings. The number of likely N-dealkylation sites (N-methyl/N-ethyl adjacent to an activating group) is 1. The first kappa shape index (κ1) is 10.2. The molecule has 16 heavy (non-hydrogen) atoms. The fraction of sp³-hybridized carbons (Fsp3) is 0.615. The third-order valence-corrected chi connectivity index (χ3v) is 4.08. The summed E-state index contributed by atoms with van der Waals surface area (Å²) in [6, 6.07) is 4.14. The van der Waals surface area contributed by atoms with Gasteiger partial charge >= 0.3 is 0 Å². The first-order chi connectivity index (χ1) is 7.69. The lowest BCUT2D eigenvalue weighted by molar-refractivity contribution is 0.0225. The highest BCUT2D eigenvalue weighted by Gasteiger charge is 2.45. The largest absolute Gasteiger partial charge is 0.388 e. The number of fused-ring (bicyclic) bond motifs is 1. The van der Waals surface area contributed by atoms with Gasteiger partial charge in [0, 0.05) is 30.9 Å². The summed E-state index contributed by atoms with van der Waals surface area (Å²) in [4.78, 5) is 6.69. The maximum atomic E-state index is 10.7. The summed E-state index contributed by atoms with van der Waals surface area (Å²) >= 11 is 0. The van der Waals surface area contributed by atoms with Crippen LogP contribution >= 0.6 is 0 Å². The van der Waals surface area contributed by atoms with Crippen LogP contribution in [0.3, 0.4) is 0 Å². The van der Waals surface area contributed by atoms with Crippen LogP contribution in [0.1, 0.15) is 30.0 Å². The maximum Gasteiger partial charge on any atom is 0.0869 e. The van der Waals surface area contributed by atoms with Gasteiger partial charge in [-0.05, 0) is 37.9 Å². The van der Waals surface area contributed by atoms with E-state index >= 15 is 0 Å². The third-order valence-electron chi connectivity index (χ3n) is 4.08. The molecule has 0 bridgehead atoms. The Bertz CT molecular complexity index is 407. The summed E-state index contributed by atoms with van der Waals surface area (Å²) in [7, 11) is 2.08. The van der Waals surface area contributed by atoms with Crippen molar-refractivity contribution in [3.63, 3.8) is 0 Å². The number of aryl methyl sites for hydroxylation is 1. The van der Waals surface area contributed by atoms with Crippen molar-refractivity contribution in [1.29, 1.82) is 0 Å². The number of hydrogen-bond donors (Lipinski definition) is 1. The van der Waals surface area contributed by atoms with Gasteiger partial charge in [-0.25, -0.2) is 0 Å². The fourth-order valence-corrected chi connectivity index (χ4v) is 3.23. The van der Waals surface area contributed by atoms with Gasteiger partial charge in [0.2, 0.25) is 0 Å². The molecule has 1 N–H and O–H groups in total. The number of rotatable bonds is 1. The van der Waals surface area contributed by atoms with Gasteiger partial charge in [0.15, 0.2) is 0 Å². The van der Waals surface area contributed by atoms with Crippen LogP contribution in [0.15, 0.2) is 18.3 Å². The molecule has 2 heterocycles. The van der Waals surface area contributed by atoms with Crippen LogP contribution < -0.4 is 0 Å². The van der Waals surface area contributed by atoms with Crippen molar-refractivity contribution in [2.75, 3.05) is 20.1 Å². The normalized spacial score (nSPS) is 34.2. The molecule has 1 aromatic rings. The minimum atomic E-state index is -0.547. The summed E-state index contributed by atoms with van der Waals surface area (Å²) in [5.41, 5.74) is 1.92. The maximum absolute atomic E-state index is 10.7. The number of hydrogen-bond acceptors (Lipinski definition) is 3. The van der Waals surface area contributed by atoms with E-state index in [1.54, 1.807) is 0 Å². The molecular formula is C13H18N2O. The van der Waals surface area contributed by atoms with Gasteiger partial charge in [-0.2, -0.15) is 0 Å². The molecule has 0 radical (unpaired) electrons. The van der Waals surface area contributed by atoms with E-state index in [1.165, 1.54) is 5.56 Å². The van der Waals surface area contributed by atoms with Gasteiger partial charge in [-0.15, -0.1) is 0 Å². The van der Waals surface area contributed by atoms with Gasteiger partial charge < -0.3 is 10.0 Å². The molecule has 3 heteroatoms. The van der Waals surface area contributed by atoms with Crippen LogP contribution in [0.4, 0.5) is 0 Å². The highest BCUT2D eigenvalue weighted by atomic mass is 16.3. The lowest BCUT2D eigenvalue weighted by atomic mass is 9.84. The Balaban J connectivity index is 1.93. The van der Waals surface area contributed by atoms with Crippen molar-refractivity contribution >= 4 is 0 Å². The Labute approximate surface area is 96.1 Å². The second-order valence-corrected chi connectivity index (χ2v) is 5.23. The molecule has 3 nitrogen and oxygen atoms in total. The Morgan fingerprint density at radius 2 is 2.44 bits per heavy atom. The van der Waals surface area contributed by atoms with E-state index < -0.39 is 5.60 Å². The standard InChI is InChI=1S/C13H18N2O/c1-15-8-6-13(16,9-15)11-5-4-10-3-2-7-14-12(10)11/h2-3,7,11,16H,4-6,8-9H2,1H3. The Morgan fingerprint density at radius 3 is 3.19 bits per heavy atom. The van der Waals surface area contributed by atoms with Crippen molar-refractivity contribution in [2.24, 2.45) is 0 Å². The Morgan fingerprint density at radius 1 is 1.56 bits per heavy atom. The number of nitrogens with zero attached hydrogens (tertiary/aromatic N) is 2. The molecule has 1 fully saturated rings. The quantitative estimate of drug-likeness (QED) is 0.769. The molecule has 0 aromatic carbocycles. The van der Waals surface area contributed by atoms with Gasteiger partial charge in [-0.1, -0.05) is 6.07 Å². The summed E-state index contributed by atoms with van der Waals surface area (Å²) in [5, 5.41) is 10.7. The van der Waals surface area contributed by atoms with Gasteiger partial charge in [0.25, 0.3) is 0 Å². The fourth-order valence-electron chi connectivity index (χ4n) is 3.23. The summed E-state index contributed by atoms with van der Waals surface area (Å²) < 4.78 is 0. The lowest BCUT2D eigenvalue weighted by Gasteiger charge is -2.29. The molecule has 1 aliphatic carbocycles. The SMILES string of the molecule is CN1CCC(O)(C2CCc3cccnc32)C1. The number of aromatic nitrogens is 1. The zero-order valence-corrected chi connectivity index (χ0v) is 9.69.